The molecule has 6 heteroatoms. The third-order valence-electron chi connectivity index (χ3n) is 2.28. The standard InChI is InChI=1S/C14H24O6/c1-5-12(15)19-9-11(20-13(16)6-2)7-14(17)18-8-10(3)4/h10-11H,5-9H2,1-4H3. The van der Waals surface area contributed by atoms with Crippen molar-refractivity contribution in [3.05, 3.63) is 0 Å². The number of ether oxygens (including phenoxy) is 3. The maximum atomic E-state index is 11.6. The van der Waals surface area contributed by atoms with Crippen LogP contribution in [-0.2, 0) is 28.6 Å². The second kappa shape index (κ2) is 10.2. The van der Waals surface area contributed by atoms with Gasteiger partial charge in [-0.3, -0.25) is 14.4 Å². The molecule has 0 aliphatic heterocycles. The van der Waals surface area contributed by atoms with Crippen molar-refractivity contribution in [2.45, 2.75) is 53.1 Å². The minimum absolute atomic E-state index is 0.116. The highest BCUT2D eigenvalue weighted by molar-refractivity contribution is 5.73. The number of hydrogen-bond acceptors (Lipinski definition) is 6. The fourth-order valence-corrected chi connectivity index (χ4v) is 1.20. The van der Waals surface area contributed by atoms with Gasteiger partial charge in [0.1, 0.15) is 12.7 Å². The Bertz CT molecular complexity index is 324. The van der Waals surface area contributed by atoms with Crippen LogP contribution in [0.15, 0.2) is 0 Å². The molecule has 1 atom stereocenters. The largest absolute Gasteiger partial charge is 0.465 e. The molecule has 0 rings (SSSR count). The van der Waals surface area contributed by atoms with Gasteiger partial charge in [-0.2, -0.15) is 0 Å². The summed E-state index contributed by atoms with van der Waals surface area (Å²) in [6.45, 7) is 7.33. The molecule has 0 saturated heterocycles. The Balaban J connectivity index is 4.32. The molecule has 6 nitrogen and oxygen atoms in total. The Morgan fingerprint density at radius 3 is 1.90 bits per heavy atom. The van der Waals surface area contributed by atoms with E-state index in [1.807, 2.05) is 13.8 Å². The van der Waals surface area contributed by atoms with Gasteiger partial charge in [-0.15, -0.1) is 0 Å². The minimum atomic E-state index is -0.794. The number of esters is 3. The van der Waals surface area contributed by atoms with Gasteiger partial charge in [0, 0.05) is 12.8 Å². The van der Waals surface area contributed by atoms with Gasteiger partial charge < -0.3 is 14.2 Å². The Kier molecular flexibility index (Phi) is 9.41. The predicted octanol–water partition coefficient (Wildman–Crippen LogP) is 1.85. The fourth-order valence-electron chi connectivity index (χ4n) is 1.20. The zero-order valence-electron chi connectivity index (χ0n) is 12.6. The molecular weight excluding hydrogens is 264 g/mol. The lowest BCUT2D eigenvalue weighted by Crippen LogP contribution is -2.28. The quantitative estimate of drug-likeness (QED) is 0.476. The van der Waals surface area contributed by atoms with Crippen LogP contribution in [0.25, 0.3) is 0 Å². The molecule has 0 saturated carbocycles. The van der Waals surface area contributed by atoms with Crippen LogP contribution < -0.4 is 0 Å². The number of hydrogen-bond donors (Lipinski definition) is 0. The fraction of sp³-hybridized carbons (Fsp3) is 0.786. The zero-order valence-corrected chi connectivity index (χ0v) is 12.6. The Hall–Kier alpha value is -1.59. The highest BCUT2D eigenvalue weighted by Crippen LogP contribution is 2.06. The minimum Gasteiger partial charge on any atom is -0.465 e. The first-order chi connectivity index (χ1) is 9.38. The van der Waals surface area contributed by atoms with Gasteiger partial charge in [-0.25, -0.2) is 0 Å². The van der Waals surface area contributed by atoms with Crippen LogP contribution in [0.5, 0.6) is 0 Å². The summed E-state index contributed by atoms with van der Waals surface area (Å²) in [6.07, 6.45) is -0.487. The first-order valence-electron chi connectivity index (χ1n) is 6.89. The van der Waals surface area contributed by atoms with E-state index in [4.69, 9.17) is 14.2 Å². The zero-order chi connectivity index (χ0) is 15.5. The summed E-state index contributed by atoms with van der Waals surface area (Å²) < 4.78 is 15.0. The molecule has 0 N–H and O–H groups in total. The van der Waals surface area contributed by atoms with Gasteiger partial charge in [-0.1, -0.05) is 27.7 Å². The second-order valence-electron chi connectivity index (χ2n) is 4.78. The van der Waals surface area contributed by atoms with Gasteiger partial charge >= 0.3 is 17.9 Å². The molecule has 0 aromatic carbocycles. The monoisotopic (exact) mass is 288 g/mol. The summed E-state index contributed by atoms with van der Waals surface area (Å²) >= 11 is 0. The van der Waals surface area contributed by atoms with Crippen LogP contribution in [0, 0.1) is 5.92 Å². The maximum absolute atomic E-state index is 11.6. The Morgan fingerprint density at radius 2 is 1.40 bits per heavy atom. The smallest absolute Gasteiger partial charge is 0.309 e. The molecule has 116 valence electrons. The van der Waals surface area contributed by atoms with Crippen LogP contribution in [-0.4, -0.2) is 37.2 Å². The molecule has 0 aromatic rings. The summed E-state index contributed by atoms with van der Waals surface area (Å²) in [5.41, 5.74) is 0. The highest BCUT2D eigenvalue weighted by atomic mass is 16.6. The maximum Gasteiger partial charge on any atom is 0.309 e. The van der Waals surface area contributed by atoms with E-state index in [1.54, 1.807) is 13.8 Å². The van der Waals surface area contributed by atoms with Crippen LogP contribution in [0.4, 0.5) is 0 Å². The van der Waals surface area contributed by atoms with Crippen molar-refractivity contribution in [1.29, 1.82) is 0 Å². The molecule has 0 spiro atoms. The number of carbonyl (C=O) groups excluding carboxylic acids is 3. The SMILES string of the molecule is CCC(=O)OCC(CC(=O)OCC(C)C)OC(=O)CC. The van der Waals surface area contributed by atoms with Crippen LogP contribution in [0.1, 0.15) is 47.0 Å². The van der Waals surface area contributed by atoms with E-state index in [1.165, 1.54) is 0 Å². The van der Waals surface area contributed by atoms with Crippen molar-refractivity contribution in [1.82, 2.24) is 0 Å². The molecule has 0 fully saturated rings. The lowest BCUT2D eigenvalue weighted by atomic mass is 10.2. The van der Waals surface area contributed by atoms with E-state index in [2.05, 4.69) is 0 Å². The van der Waals surface area contributed by atoms with Gasteiger partial charge in [0.25, 0.3) is 0 Å². The van der Waals surface area contributed by atoms with E-state index in [9.17, 15) is 14.4 Å². The average Bonchev–Trinajstić information content (AvgIpc) is 2.41. The van der Waals surface area contributed by atoms with Crippen molar-refractivity contribution < 1.29 is 28.6 Å². The molecule has 20 heavy (non-hydrogen) atoms. The average molecular weight is 288 g/mol. The number of rotatable bonds is 9. The van der Waals surface area contributed by atoms with E-state index in [0.717, 1.165) is 0 Å². The van der Waals surface area contributed by atoms with Crippen LogP contribution in [0.3, 0.4) is 0 Å². The van der Waals surface area contributed by atoms with E-state index < -0.39 is 24.0 Å². The molecule has 0 aliphatic carbocycles. The normalized spacial score (nSPS) is 11.8. The Morgan fingerprint density at radius 1 is 0.850 bits per heavy atom. The van der Waals surface area contributed by atoms with E-state index in [-0.39, 0.29) is 31.8 Å². The van der Waals surface area contributed by atoms with Crippen molar-refractivity contribution in [3.63, 3.8) is 0 Å². The summed E-state index contributed by atoms with van der Waals surface area (Å²) in [6, 6.07) is 0. The molecule has 1 unspecified atom stereocenters. The third kappa shape index (κ3) is 9.35. The van der Waals surface area contributed by atoms with E-state index >= 15 is 0 Å². The van der Waals surface area contributed by atoms with Gasteiger partial charge in [0.15, 0.2) is 0 Å². The first-order valence-corrected chi connectivity index (χ1v) is 6.89. The molecule has 0 amide bonds. The molecule has 0 aliphatic rings. The summed E-state index contributed by atoms with van der Waals surface area (Å²) in [5.74, 6) is -1.09. The van der Waals surface area contributed by atoms with Crippen LogP contribution in [0.2, 0.25) is 0 Å². The second-order valence-corrected chi connectivity index (χ2v) is 4.78. The summed E-state index contributed by atoms with van der Waals surface area (Å²) in [7, 11) is 0. The van der Waals surface area contributed by atoms with Crippen LogP contribution >= 0.6 is 0 Å². The molecule has 0 heterocycles. The third-order valence-corrected chi connectivity index (χ3v) is 2.28. The lowest BCUT2D eigenvalue weighted by molar-refractivity contribution is -0.163. The molecule has 0 aromatic heterocycles. The van der Waals surface area contributed by atoms with Gasteiger partial charge in [-0.05, 0) is 5.92 Å². The Labute approximate surface area is 119 Å². The molecular formula is C14H24O6. The van der Waals surface area contributed by atoms with E-state index in [0.29, 0.717) is 6.61 Å². The summed E-state index contributed by atoms with van der Waals surface area (Å²) in [4.78, 5) is 34.0. The topological polar surface area (TPSA) is 78.9 Å². The van der Waals surface area contributed by atoms with Gasteiger partial charge in [0.2, 0.25) is 0 Å². The first kappa shape index (κ1) is 18.4. The van der Waals surface area contributed by atoms with Crippen molar-refractivity contribution in [2.75, 3.05) is 13.2 Å². The van der Waals surface area contributed by atoms with Crippen molar-refractivity contribution in [3.8, 4) is 0 Å². The van der Waals surface area contributed by atoms with Gasteiger partial charge in [0.05, 0.1) is 13.0 Å². The molecule has 0 bridgehead atoms. The number of carbonyl (C=O) groups is 3. The summed E-state index contributed by atoms with van der Waals surface area (Å²) in [5, 5.41) is 0. The lowest BCUT2D eigenvalue weighted by Gasteiger charge is -2.17. The molecule has 0 radical (unpaired) electrons. The highest BCUT2D eigenvalue weighted by Gasteiger charge is 2.20. The predicted molar refractivity (Wildman–Crippen MR) is 71.8 cm³/mol. The van der Waals surface area contributed by atoms with Crippen molar-refractivity contribution >= 4 is 17.9 Å². The van der Waals surface area contributed by atoms with Crippen molar-refractivity contribution in [2.24, 2.45) is 5.92 Å².